The van der Waals surface area contributed by atoms with Crippen LogP contribution in [0.3, 0.4) is 0 Å². The van der Waals surface area contributed by atoms with Gasteiger partial charge in [0.15, 0.2) is 5.96 Å². The lowest BCUT2D eigenvalue weighted by atomic mass is 10.1. The number of nitrogens with zero attached hydrogens (tertiary/aromatic N) is 12. The molecular weight excluding hydrogens is 1900 g/mol. The number of aliphatic hydroxyl groups is 1. The lowest BCUT2D eigenvalue weighted by Crippen LogP contribution is -2.42. The van der Waals surface area contributed by atoms with Crippen LogP contribution in [0.4, 0.5) is 52.4 Å². The number of amides is 12. The van der Waals surface area contributed by atoms with Gasteiger partial charge in [0.1, 0.15) is 65.4 Å². The highest BCUT2D eigenvalue weighted by atomic mass is 35.5. The molecule has 0 spiro atoms. The number of aryl methyl sites for hydroxylation is 3. The molecule has 8 aromatic carbocycles. The number of ether oxygens (including phenoxy) is 2. The number of hydrogen-bond donors (Lipinski definition) is 6. The summed E-state index contributed by atoms with van der Waals surface area (Å²) >= 11 is 18.0. The number of nitrogens with two attached hydrogens (primary N) is 2. The normalized spacial score (nSPS) is 12.3. The summed E-state index contributed by atoms with van der Waals surface area (Å²) in [4.78, 5) is 162. The number of rotatable bonds is 32. The number of likely N-dealkylation sites (N-methyl/N-ethyl adjacent to an activating group) is 3. The van der Waals surface area contributed by atoms with E-state index in [1.807, 2.05) is 0 Å². The Labute approximate surface area is 811 Å². The number of aromatic nitrogens is 3. The van der Waals surface area contributed by atoms with Gasteiger partial charge in [0.2, 0.25) is 17.7 Å². The molecule has 0 aliphatic carbocycles. The molecule has 5 heterocycles. The van der Waals surface area contributed by atoms with Gasteiger partial charge in [0, 0.05) is 99.7 Å². The molecule has 31 nitrogen and oxygen atoms in total. The monoisotopic (exact) mass is 1990 g/mol. The number of aliphatic imine (C=N–C) groups is 1. The molecule has 0 radical (unpaired) electrons. The molecule has 0 fully saturated rings. The van der Waals surface area contributed by atoms with E-state index in [-0.39, 0.29) is 205 Å². The molecule has 0 bridgehead atoms. The van der Waals surface area contributed by atoms with E-state index in [1.165, 1.54) is 123 Å². The van der Waals surface area contributed by atoms with E-state index < -0.39 is 77.2 Å². The number of anilines is 2. The molecule has 0 saturated heterocycles. The van der Waals surface area contributed by atoms with Crippen LogP contribution in [0.2, 0.25) is 15.1 Å². The number of guanidine groups is 1. The summed E-state index contributed by atoms with van der Waals surface area (Å²) < 4.78 is 92.2. The number of pyridine rings is 3. The molecule has 8 N–H and O–H groups in total. The Morgan fingerprint density at radius 3 is 1.18 bits per heavy atom. The van der Waals surface area contributed by atoms with Gasteiger partial charge in [-0.25, -0.2) is 50.7 Å². The predicted molar refractivity (Wildman–Crippen MR) is 516 cm³/mol. The fraction of sp³-hybridized carbons (Fsp3) is 0.258. The molecule has 0 unspecified atom stereocenters. The van der Waals surface area contributed by atoms with E-state index >= 15 is 0 Å². The van der Waals surface area contributed by atoms with E-state index in [0.29, 0.717) is 103 Å². The molecule has 13 rings (SSSR count). The Kier molecular flexibility index (Phi) is 42.6. The maximum absolute atomic E-state index is 13.9. The number of benzene rings is 8. The van der Waals surface area contributed by atoms with E-state index in [2.05, 4.69) is 45.9 Å². The summed E-state index contributed by atoms with van der Waals surface area (Å²) in [5, 5.41) is 23.4. The molecular formula is C93H94Cl3F6N17O14S3. The molecule has 3 atom stereocenters. The molecule has 11 aromatic rings. The number of nitrogens with one attached hydrogen (secondary N) is 3. The summed E-state index contributed by atoms with van der Waals surface area (Å²) in [7, 11) is 4.72. The zero-order valence-corrected chi connectivity index (χ0v) is 78.4. The fourth-order valence-corrected chi connectivity index (χ4v) is 14.8. The number of urea groups is 1. The van der Waals surface area contributed by atoms with Crippen molar-refractivity contribution in [1.29, 1.82) is 0 Å². The molecule has 43 heteroatoms. The van der Waals surface area contributed by atoms with Crippen molar-refractivity contribution < 1.29 is 93.7 Å². The maximum Gasteiger partial charge on any atom is 0.412 e. The van der Waals surface area contributed by atoms with Gasteiger partial charge in [-0.15, -0.1) is 0 Å². The molecule has 2 aliphatic rings. The first-order valence-electron chi connectivity index (χ1n) is 41.3. The number of carbonyl (C=O) groups excluding carboxylic acids is 11. The number of imide groups is 2. The number of fused-ring (bicyclic) bond motifs is 5. The standard InChI is InChI=1S/C33H29ClF2N4O5.C27H30ClF2N7O4.C23H24ClFN2O4.C10H5FN4O.3H2S/c1-39(29(41)14-12-20-6-4-10-27(36)30(20)34)24(7-5-15-40-31(42)25-8-2-3-9-26(25)32(40)43)19-45-33(44)38-28-17-22-16-23(35)13-11-21(22)18-37-28;1-37(23(38)10-8-16-4-2-6-21(30)24(16)28)20(5-3-11-33-25(31)36-26(32)39)15-41-27(40)35-22-13-18-12-19(29)9-7-17(18)14-34-22;1-26(20(29)12-11-15-6-4-10-19(25)21(15)24)16(14-28)7-5-13-27-22(30)17-8-2-3-9-18(17)23(27)31;11-8-2-1-6-5-13-9(4-7(6)3-8)10(16)14-15-12;;;/h2-4,6,8-11,13,16-18,24H,5,7,12,14-15,19H2,1H3,(H,37,38,44);2,4,6-7,9,12-14,20H,3,5,8,10-11,15H2,1H3,(H,34,35,40)(H5,31,32,33,36,39);2-4,6,8-10,16,28H,5,7,11-14H2,1H3;1-5H;3*1H2/t24-;20-;16-;;;;/m000..../s1. The van der Waals surface area contributed by atoms with Crippen molar-refractivity contribution in [3.05, 3.63) is 300 Å². The quantitative estimate of drug-likeness (QED) is 0.00333. The zero-order valence-electron chi connectivity index (χ0n) is 73.1. The van der Waals surface area contributed by atoms with Crippen LogP contribution in [0.1, 0.15) is 126 Å². The lowest BCUT2D eigenvalue weighted by molar-refractivity contribution is -0.133. The van der Waals surface area contributed by atoms with E-state index in [1.54, 1.807) is 112 Å². The van der Waals surface area contributed by atoms with Crippen molar-refractivity contribution in [2.75, 3.05) is 71.2 Å². The Hall–Kier alpha value is -13.6. The summed E-state index contributed by atoms with van der Waals surface area (Å²) in [5.74, 6) is -5.77. The van der Waals surface area contributed by atoms with Gasteiger partial charge in [-0.1, -0.05) is 95.5 Å². The number of hydrogen-bond acceptors (Lipinski definition) is 18. The fourth-order valence-electron chi connectivity index (χ4n) is 14.1. The number of halogens is 9. The van der Waals surface area contributed by atoms with Crippen molar-refractivity contribution in [2.45, 2.75) is 95.2 Å². The van der Waals surface area contributed by atoms with Gasteiger partial charge in [-0.3, -0.25) is 74.1 Å². The molecule has 716 valence electrons. The van der Waals surface area contributed by atoms with Crippen LogP contribution in [-0.4, -0.2) is 195 Å². The van der Waals surface area contributed by atoms with Gasteiger partial charge in [-0.05, 0) is 217 Å². The van der Waals surface area contributed by atoms with Crippen LogP contribution in [0.15, 0.2) is 205 Å². The smallest absolute Gasteiger partial charge is 0.412 e. The second-order valence-corrected chi connectivity index (χ2v) is 31.4. The zero-order chi connectivity index (χ0) is 96.1. The average molecular weight is 1990 g/mol. The summed E-state index contributed by atoms with van der Waals surface area (Å²) in [6.45, 7) is -0.107. The molecule has 2 aliphatic heterocycles. The first-order chi connectivity index (χ1) is 63.7. The van der Waals surface area contributed by atoms with Crippen molar-refractivity contribution >= 4 is 191 Å². The van der Waals surface area contributed by atoms with Gasteiger partial charge < -0.3 is 40.7 Å². The van der Waals surface area contributed by atoms with Crippen LogP contribution >= 0.6 is 75.3 Å². The maximum atomic E-state index is 13.9. The van der Waals surface area contributed by atoms with Crippen molar-refractivity contribution in [3.8, 4) is 0 Å². The highest BCUT2D eigenvalue weighted by Gasteiger charge is 2.37. The van der Waals surface area contributed by atoms with Crippen LogP contribution in [-0.2, 0) is 43.1 Å². The molecule has 12 amide bonds. The van der Waals surface area contributed by atoms with E-state index in [0.717, 1.165) is 4.90 Å². The van der Waals surface area contributed by atoms with Crippen molar-refractivity contribution in [3.63, 3.8) is 0 Å². The second-order valence-electron chi connectivity index (χ2n) is 30.2. The highest BCUT2D eigenvalue weighted by molar-refractivity contribution is 7.59. The van der Waals surface area contributed by atoms with Gasteiger partial charge in [-0.2, -0.15) is 40.5 Å². The Balaban J connectivity index is 0.000000257. The third-order valence-electron chi connectivity index (χ3n) is 21.5. The minimum atomic E-state index is -0.849. The highest BCUT2D eigenvalue weighted by Crippen LogP contribution is 2.30. The lowest BCUT2D eigenvalue weighted by Gasteiger charge is -2.28. The Bertz CT molecular complexity index is 6230. The van der Waals surface area contributed by atoms with Gasteiger partial charge in [0.05, 0.1) is 62.1 Å². The number of azide groups is 1. The molecule has 0 saturated carbocycles. The van der Waals surface area contributed by atoms with Crippen LogP contribution in [0.5, 0.6) is 0 Å². The average Bonchev–Trinajstić information content (AvgIpc) is 1.64. The van der Waals surface area contributed by atoms with E-state index in [4.69, 9.17) is 61.3 Å². The van der Waals surface area contributed by atoms with Crippen molar-refractivity contribution in [1.82, 2.24) is 44.8 Å². The third kappa shape index (κ3) is 30.5. The first-order valence-corrected chi connectivity index (χ1v) is 42.4. The van der Waals surface area contributed by atoms with Crippen LogP contribution in [0.25, 0.3) is 42.8 Å². The number of carbonyl (C=O) groups is 11. The van der Waals surface area contributed by atoms with E-state index in [9.17, 15) is 84.2 Å². The summed E-state index contributed by atoms with van der Waals surface area (Å²) in [5.41, 5.74) is 21.7. The molecule has 136 heavy (non-hydrogen) atoms. The summed E-state index contributed by atoms with van der Waals surface area (Å²) in [6, 6.07) is 41.0. The molecule has 3 aromatic heterocycles. The number of primary amides is 1. The minimum absolute atomic E-state index is 0. The second kappa shape index (κ2) is 52.9. The Morgan fingerprint density at radius 1 is 0.471 bits per heavy atom. The van der Waals surface area contributed by atoms with Crippen LogP contribution in [0, 0.1) is 34.9 Å². The van der Waals surface area contributed by atoms with Crippen LogP contribution < -0.4 is 27.4 Å². The first kappa shape index (κ1) is 109. The van der Waals surface area contributed by atoms with Gasteiger partial charge in [0.25, 0.3) is 29.5 Å². The predicted octanol–water partition coefficient (Wildman–Crippen LogP) is 16.7. The summed E-state index contributed by atoms with van der Waals surface area (Å²) in [6.07, 6.45) is 5.86. The van der Waals surface area contributed by atoms with Gasteiger partial charge >= 0.3 is 18.2 Å². The minimum Gasteiger partial charge on any atom is -0.447 e. The Morgan fingerprint density at radius 2 is 0.816 bits per heavy atom. The topological polar surface area (TPSA) is 431 Å². The third-order valence-corrected chi connectivity index (χ3v) is 22.7. The number of aliphatic hydroxyl groups excluding tert-OH is 1. The van der Waals surface area contributed by atoms with Crippen molar-refractivity contribution in [2.24, 2.45) is 21.6 Å². The SMILES string of the molecule is CN(C(=O)CCc1cccc(F)c1Cl)[C@@H](CCCN1C(=O)c2ccccc2C1=O)COC(=O)Nc1cc2cc(F)ccc2cn1.CN(C(=O)CCc1cccc(F)c1Cl)[C@@H](CCCN=C(N)NC(N)=O)COC(=O)Nc1cc2cc(F)ccc2cn1.CN(C(=O)CCc1cccc(F)c1Cl)[C@H](CO)CCCN1C(=O)c2ccccc2C1=O.S.S.S.[N-]=[N+]=NC(=O)c1cc2cc(F)ccc2cn1. The largest absolute Gasteiger partial charge is 0.447 e.